The SMILES string of the molecule is CN(C)Cc1ccc(S(N)=O)cc1F. The molecule has 14 heavy (non-hydrogen) atoms. The van der Waals surface area contributed by atoms with Gasteiger partial charge in [0.25, 0.3) is 0 Å². The molecular weight excluding hydrogens is 203 g/mol. The topological polar surface area (TPSA) is 46.3 Å². The van der Waals surface area contributed by atoms with Crippen molar-refractivity contribution in [2.75, 3.05) is 14.1 Å². The van der Waals surface area contributed by atoms with Gasteiger partial charge in [0.15, 0.2) is 0 Å². The number of benzene rings is 1. The molecule has 0 aliphatic rings. The summed E-state index contributed by atoms with van der Waals surface area (Å²) in [4.78, 5) is 2.17. The number of hydrogen-bond donors (Lipinski definition) is 1. The molecule has 1 aromatic carbocycles. The van der Waals surface area contributed by atoms with Gasteiger partial charge in [-0.05, 0) is 26.2 Å². The lowest BCUT2D eigenvalue weighted by Crippen LogP contribution is -2.12. The van der Waals surface area contributed by atoms with E-state index in [9.17, 15) is 8.60 Å². The van der Waals surface area contributed by atoms with E-state index in [0.29, 0.717) is 17.0 Å². The highest BCUT2D eigenvalue weighted by molar-refractivity contribution is 7.82. The van der Waals surface area contributed by atoms with Gasteiger partial charge in [0, 0.05) is 12.1 Å². The van der Waals surface area contributed by atoms with Gasteiger partial charge in [-0.2, -0.15) is 0 Å². The molecule has 0 heterocycles. The second-order valence-electron chi connectivity index (χ2n) is 3.29. The quantitative estimate of drug-likeness (QED) is 0.815. The molecule has 0 amide bonds. The van der Waals surface area contributed by atoms with E-state index in [4.69, 9.17) is 5.14 Å². The Bertz CT molecular complexity index is 355. The van der Waals surface area contributed by atoms with Crippen LogP contribution in [0.1, 0.15) is 5.56 Å². The largest absolute Gasteiger partial charge is 0.305 e. The van der Waals surface area contributed by atoms with Gasteiger partial charge in [0.1, 0.15) is 16.8 Å². The third kappa shape index (κ3) is 2.87. The van der Waals surface area contributed by atoms with Crippen molar-refractivity contribution in [3.05, 3.63) is 29.6 Å². The summed E-state index contributed by atoms with van der Waals surface area (Å²) in [7, 11) is 2.10. The third-order valence-electron chi connectivity index (χ3n) is 1.74. The lowest BCUT2D eigenvalue weighted by Gasteiger charge is -2.10. The molecule has 1 aromatic rings. The van der Waals surface area contributed by atoms with Gasteiger partial charge in [0.2, 0.25) is 0 Å². The summed E-state index contributed by atoms with van der Waals surface area (Å²) in [5, 5.41) is 5.13. The summed E-state index contributed by atoms with van der Waals surface area (Å²) in [6.07, 6.45) is 0. The number of hydrogen-bond acceptors (Lipinski definition) is 2. The minimum absolute atomic E-state index is 0.310. The van der Waals surface area contributed by atoms with Crippen LogP contribution < -0.4 is 5.14 Å². The summed E-state index contributed by atoms with van der Waals surface area (Å²) in [6.45, 7) is 0.517. The summed E-state index contributed by atoms with van der Waals surface area (Å²) < 4.78 is 24.2. The average molecular weight is 216 g/mol. The van der Waals surface area contributed by atoms with Crippen LogP contribution in [0.15, 0.2) is 23.1 Å². The fourth-order valence-corrected chi connectivity index (χ4v) is 1.54. The van der Waals surface area contributed by atoms with Gasteiger partial charge in [-0.15, -0.1) is 0 Å². The highest BCUT2D eigenvalue weighted by atomic mass is 32.2. The van der Waals surface area contributed by atoms with E-state index >= 15 is 0 Å². The number of nitrogens with two attached hydrogens (primary N) is 1. The Morgan fingerprint density at radius 2 is 2.14 bits per heavy atom. The Morgan fingerprint density at radius 1 is 1.50 bits per heavy atom. The van der Waals surface area contributed by atoms with Crippen LogP contribution in [0.3, 0.4) is 0 Å². The molecule has 0 spiro atoms. The van der Waals surface area contributed by atoms with Crippen molar-refractivity contribution in [3.63, 3.8) is 0 Å². The zero-order valence-corrected chi connectivity index (χ0v) is 8.97. The van der Waals surface area contributed by atoms with Crippen LogP contribution in [0.4, 0.5) is 4.39 Å². The van der Waals surface area contributed by atoms with Crippen LogP contribution in [-0.2, 0) is 17.5 Å². The van der Waals surface area contributed by atoms with Crippen LogP contribution in [-0.4, -0.2) is 23.2 Å². The van der Waals surface area contributed by atoms with Gasteiger partial charge in [-0.3, -0.25) is 0 Å². The first kappa shape index (κ1) is 11.3. The highest BCUT2D eigenvalue weighted by Crippen LogP contribution is 2.13. The van der Waals surface area contributed by atoms with E-state index in [1.54, 1.807) is 12.1 Å². The van der Waals surface area contributed by atoms with Gasteiger partial charge in [-0.1, -0.05) is 6.07 Å². The monoisotopic (exact) mass is 216 g/mol. The van der Waals surface area contributed by atoms with Crippen LogP contribution in [0.5, 0.6) is 0 Å². The Kier molecular flexibility index (Phi) is 3.74. The van der Waals surface area contributed by atoms with Crippen molar-refractivity contribution >= 4 is 11.0 Å². The molecule has 0 radical (unpaired) electrons. The van der Waals surface area contributed by atoms with Gasteiger partial charge in [0.05, 0.1) is 4.90 Å². The van der Waals surface area contributed by atoms with E-state index in [1.165, 1.54) is 6.07 Å². The zero-order valence-electron chi connectivity index (χ0n) is 8.16. The first-order chi connectivity index (χ1) is 6.50. The molecule has 78 valence electrons. The molecule has 0 bridgehead atoms. The molecule has 2 N–H and O–H groups in total. The predicted octanol–water partition coefficient (Wildman–Crippen LogP) is 0.869. The minimum atomic E-state index is -1.61. The molecular formula is C9H13FN2OS. The number of nitrogens with zero attached hydrogens (tertiary/aromatic N) is 1. The summed E-state index contributed by atoms with van der Waals surface area (Å²) in [6, 6.07) is 4.41. The second kappa shape index (κ2) is 4.63. The van der Waals surface area contributed by atoms with E-state index < -0.39 is 11.0 Å². The Hall–Kier alpha value is -0.780. The van der Waals surface area contributed by atoms with Crippen molar-refractivity contribution in [2.45, 2.75) is 11.4 Å². The number of halogens is 1. The summed E-state index contributed by atoms with van der Waals surface area (Å²) in [5.74, 6) is -0.366. The van der Waals surface area contributed by atoms with Gasteiger partial charge >= 0.3 is 0 Å². The van der Waals surface area contributed by atoms with Gasteiger partial charge in [-0.25, -0.2) is 13.7 Å². The first-order valence-electron chi connectivity index (χ1n) is 4.10. The lowest BCUT2D eigenvalue weighted by molar-refractivity contribution is 0.392. The Balaban J connectivity index is 2.95. The van der Waals surface area contributed by atoms with Gasteiger partial charge < -0.3 is 4.90 Å². The van der Waals surface area contributed by atoms with E-state index in [-0.39, 0.29) is 5.82 Å². The Morgan fingerprint density at radius 3 is 2.57 bits per heavy atom. The van der Waals surface area contributed by atoms with Crippen molar-refractivity contribution in [2.24, 2.45) is 5.14 Å². The fourth-order valence-electron chi connectivity index (χ4n) is 1.12. The first-order valence-corrected chi connectivity index (χ1v) is 5.31. The maximum atomic E-state index is 13.4. The van der Waals surface area contributed by atoms with Crippen LogP contribution >= 0.6 is 0 Å². The fraction of sp³-hybridized carbons (Fsp3) is 0.333. The molecule has 3 nitrogen and oxygen atoms in total. The molecule has 5 heteroatoms. The third-order valence-corrected chi connectivity index (χ3v) is 2.46. The molecule has 0 aromatic heterocycles. The minimum Gasteiger partial charge on any atom is -0.305 e. The molecule has 0 saturated carbocycles. The van der Waals surface area contributed by atoms with Crippen molar-refractivity contribution in [1.82, 2.24) is 4.90 Å². The lowest BCUT2D eigenvalue weighted by atomic mass is 10.2. The maximum absolute atomic E-state index is 13.4. The summed E-state index contributed by atoms with van der Waals surface area (Å²) >= 11 is 0. The van der Waals surface area contributed by atoms with Crippen molar-refractivity contribution in [3.8, 4) is 0 Å². The van der Waals surface area contributed by atoms with Crippen molar-refractivity contribution < 1.29 is 8.60 Å². The zero-order chi connectivity index (χ0) is 10.7. The normalized spacial score (nSPS) is 13.2. The van der Waals surface area contributed by atoms with E-state index in [0.717, 1.165) is 0 Å². The molecule has 1 unspecified atom stereocenters. The van der Waals surface area contributed by atoms with E-state index in [2.05, 4.69) is 0 Å². The maximum Gasteiger partial charge on any atom is 0.128 e. The van der Waals surface area contributed by atoms with Crippen LogP contribution in [0.25, 0.3) is 0 Å². The second-order valence-corrected chi connectivity index (χ2v) is 4.35. The number of rotatable bonds is 3. The standard InChI is InChI=1S/C9H13FN2OS/c1-12(2)6-7-3-4-8(14(11)13)5-9(7)10/h3-5H,6,11H2,1-2H3. The molecule has 1 atom stereocenters. The smallest absolute Gasteiger partial charge is 0.128 e. The van der Waals surface area contributed by atoms with Crippen molar-refractivity contribution in [1.29, 1.82) is 0 Å². The summed E-state index contributed by atoms with van der Waals surface area (Å²) in [5.41, 5.74) is 0.573. The molecule has 0 saturated heterocycles. The molecule has 0 aliphatic carbocycles. The van der Waals surface area contributed by atoms with Crippen LogP contribution in [0.2, 0.25) is 0 Å². The van der Waals surface area contributed by atoms with Crippen LogP contribution in [0, 0.1) is 5.82 Å². The predicted molar refractivity (Wildman–Crippen MR) is 54.4 cm³/mol. The highest BCUT2D eigenvalue weighted by Gasteiger charge is 2.06. The molecule has 0 aliphatic heterocycles. The molecule has 1 rings (SSSR count). The molecule has 0 fully saturated rings. The Labute approximate surface area is 85.3 Å². The van der Waals surface area contributed by atoms with E-state index in [1.807, 2.05) is 19.0 Å². The average Bonchev–Trinajstić information content (AvgIpc) is 2.07.